The maximum Gasteiger partial charge on any atom is 0.303 e. The van der Waals surface area contributed by atoms with E-state index in [0.29, 0.717) is 37.4 Å². The summed E-state index contributed by atoms with van der Waals surface area (Å²) < 4.78 is 13.3. The molecule has 4 N–H and O–H groups in total. The van der Waals surface area contributed by atoms with Gasteiger partial charge in [0, 0.05) is 49.6 Å². The molecular formula is C40H43ClN2O7. The van der Waals surface area contributed by atoms with Crippen molar-refractivity contribution in [2.75, 3.05) is 19.6 Å². The zero-order valence-electron chi connectivity index (χ0n) is 27.8. The van der Waals surface area contributed by atoms with E-state index in [0.717, 1.165) is 52.0 Å². The summed E-state index contributed by atoms with van der Waals surface area (Å²) in [6.07, 6.45) is 0.645. The van der Waals surface area contributed by atoms with Crippen LogP contribution in [0.5, 0.6) is 0 Å². The predicted molar refractivity (Wildman–Crippen MR) is 190 cm³/mol. The summed E-state index contributed by atoms with van der Waals surface area (Å²) in [6, 6.07) is 31.3. The lowest BCUT2D eigenvalue weighted by molar-refractivity contribution is -0.253. The first-order chi connectivity index (χ1) is 24.2. The first-order valence-electron chi connectivity index (χ1n) is 17.1. The number of piperidine rings is 1. The Labute approximate surface area is 297 Å². The topological polar surface area (TPSA) is 129 Å². The monoisotopic (exact) mass is 698 g/mol. The smallest absolute Gasteiger partial charge is 0.303 e. The largest absolute Gasteiger partial charge is 0.481 e. The van der Waals surface area contributed by atoms with E-state index in [1.807, 2.05) is 91.0 Å². The minimum atomic E-state index is -1.00. The number of amides is 1. The highest BCUT2D eigenvalue weighted by molar-refractivity contribution is 6.30. The highest BCUT2D eigenvalue weighted by Gasteiger charge is 2.37. The minimum absolute atomic E-state index is 0.0252. The number of nitrogens with one attached hydrogen (secondary N) is 1. The van der Waals surface area contributed by atoms with Crippen molar-refractivity contribution in [1.82, 2.24) is 10.2 Å². The van der Waals surface area contributed by atoms with Gasteiger partial charge in [-0.2, -0.15) is 0 Å². The van der Waals surface area contributed by atoms with Gasteiger partial charge >= 0.3 is 5.97 Å². The van der Waals surface area contributed by atoms with Crippen molar-refractivity contribution < 1.29 is 34.4 Å². The molecule has 9 nitrogen and oxygen atoms in total. The second kappa shape index (κ2) is 16.3. The molecule has 2 aliphatic heterocycles. The van der Waals surface area contributed by atoms with Gasteiger partial charge in [-0.05, 0) is 70.5 Å². The number of carbonyl (C=O) groups is 2. The number of hydrogen-bond donors (Lipinski definition) is 4. The Kier molecular flexibility index (Phi) is 11.6. The van der Waals surface area contributed by atoms with Crippen molar-refractivity contribution in [1.29, 1.82) is 0 Å². The molecule has 0 bridgehead atoms. The van der Waals surface area contributed by atoms with E-state index in [1.165, 1.54) is 0 Å². The molecule has 50 heavy (non-hydrogen) atoms. The normalized spacial score (nSPS) is 20.7. The van der Waals surface area contributed by atoms with Gasteiger partial charge in [0.15, 0.2) is 6.29 Å². The first-order valence-corrected chi connectivity index (χ1v) is 17.4. The van der Waals surface area contributed by atoms with Crippen molar-refractivity contribution in [2.24, 2.45) is 0 Å². The lowest BCUT2D eigenvalue weighted by atomic mass is 9.84. The molecule has 4 aromatic carbocycles. The number of hydrogen-bond acceptors (Lipinski definition) is 7. The SMILES string of the molecule is O=C(O)CCC(=O)NCc1cccc(-c2cccc([C@H]3O[C@@H](CN4CCC(O)(c5ccc(Cl)cc5)CC4)C[C@@H](c4ccc(CO)cc4)O3)c2)c1. The number of ether oxygens (including phenoxy) is 2. The summed E-state index contributed by atoms with van der Waals surface area (Å²) in [5.74, 6) is -1.30. The van der Waals surface area contributed by atoms with Crippen molar-refractivity contribution in [3.8, 4) is 11.1 Å². The maximum atomic E-state index is 12.1. The lowest BCUT2D eigenvalue weighted by Crippen LogP contribution is -2.46. The quantitative estimate of drug-likeness (QED) is 0.132. The molecule has 262 valence electrons. The number of aliphatic hydroxyl groups is 2. The fraction of sp³-hybridized carbons (Fsp3) is 0.350. The van der Waals surface area contributed by atoms with Gasteiger partial charge in [0.1, 0.15) is 0 Å². The highest BCUT2D eigenvalue weighted by atomic mass is 35.5. The number of aliphatic carboxylic acids is 1. The van der Waals surface area contributed by atoms with Crippen molar-refractivity contribution in [3.05, 3.63) is 130 Å². The van der Waals surface area contributed by atoms with Crippen LogP contribution in [0, 0.1) is 0 Å². The number of aliphatic hydroxyl groups excluding tert-OH is 1. The molecule has 10 heteroatoms. The number of carboxylic acids is 1. The highest BCUT2D eigenvalue weighted by Crippen LogP contribution is 2.40. The fourth-order valence-electron chi connectivity index (χ4n) is 6.71. The Balaban J connectivity index is 1.16. The van der Waals surface area contributed by atoms with E-state index in [2.05, 4.69) is 16.3 Å². The Morgan fingerprint density at radius 2 is 1.54 bits per heavy atom. The third-order valence-corrected chi connectivity index (χ3v) is 9.87. The van der Waals surface area contributed by atoms with Crippen LogP contribution in [0.1, 0.15) is 72.3 Å². The van der Waals surface area contributed by atoms with Crippen LogP contribution in [0.2, 0.25) is 5.02 Å². The molecule has 0 aromatic heterocycles. The molecule has 1 amide bonds. The van der Waals surface area contributed by atoms with Gasteiger partial charge in [-0.1, -0.05) is 84.4 Å². The Hall–Kier alpha value is -4.09. The fourth-order valence-corrected chi connectivity index (χ4v) is 6.84. The summed E-state index contributed by atoms with van der Waals surface area (Å²) in [5, 5.41) is 33.3. The van der Waals surface area contributed by atoms with E-state index in [9.17, 15) is 19.8 Å². The van der Waals surface area contributed by atoms with E-state index in [-0.39, 0.29) is 37.6 Å². The van der Waals surface area contributed by atoms with Crippen LogP contribution in [0.3, 0.4) is 0 Å². The molecule has 2 fully saturated rings. The minimum Gasteiger partial charge on any atom is -0.481 e. The van der Waals surface area contributed by atoms with Crippen LogP contribution in [-0.2, 0) is 37.8 Å². The van der Waals surface area contributed by atoms with E-state index in [1.54, 1.807) is 0 Å². The molecular weight excluding hydrogens is 656 g/mol. The van der Waals surface area contributed by atoms with Crippen LogP contribution in [0.15, 0.2) is 97.1 Å². The number of benzene rings is 4. The van der Waals surface area contributed by atoms with Crippen LogP contribution in [0.25, 0.3) is 11.1 Å². The lowest BCUT2D eigenvalue weighted by Gasteiger charge is -2.42. The average molecular weight is 699 g/mol. The molecule has 2 heterocycles. The van der Waals surface area contributed by atoms with Gasteiger partial charge in [-0.25, -0.2) is 0 Å². The molecule has 4 aromatic rings. The van der Waals surface area contributed by atoms with Gasteiger partial charge in [-0.3, -0.25) is 9.59 Å². The predicted octanol–water partition coefficient (Wildman–Crippen LogP) is 6.51. The van der Waals surface area contributed by atoms with E-state index >= 15 is 0 Å². The van der Waals surface area contributed by atoms with Gasteiger partial charge in [0.05, 0.1) is 30.8 Å². The zero-order chi connectivity index (χ0) is 35.1. The number of likely N-dealkylation sites (tertiary alicyclic amines) is 1. The van der Waals surface area contributed by atoms with Gasteiger partial charge in [-0.15, -0.1) is 0 Å². The van der Waals surface area contributed by atoms with Crippen LogP contribution in [0.4, 0.5) is 0 Å². The summed E-state index contributed by atoms with van der Waals surface area (Å²) in [5.41, 5.74) is 5.58. The van der Waals surface area contributed by atoms with Gasteiger partial charge in [0.2, 0.25) is 5.91 Å². The zero-order valence-corrected chi connectivity index (χ0v) is 28.6. The third-order valence-electron chi connectivity index (χ3n) is 9.62. The van der Waals surface area contributed by atoms with Crippen LogP contribution < -0.4 is 5.32 Å². The number of carboxylic acid groups (broad SMARTS) is 1. The molecule has 0 saturated carbocycles. The maximum absolute atomic E-state index is 12.1. The van der Waals surface area contributed by atoms with Gasteiger partial charge < -0.3 is 35.0 Å². The molecule has 0 spiro atoms. The average Bonchev–Trinajstić information content (AvgIpc) is 3.14. The van der Waals surface area contributed by atoms with Crippen LogP contribution >= 0.6 is 11.6 Å². The van der Waals surface area contributed by atoms with E-state index in [4.69, 9.17) is 26.2 Å². The molecule has 3 atom stereocenters. The number of rotatable bonds is 12. The van der Waals surface area contributed by atoms with Crippen molar-refractivity contribution in [2.45, 2.75) is 69.4 Å². The van der Waals surface area contributed by atoms with Crippen molar-refractivity contribution >= 4 is 23.5 Å². The molecule has 0 aliphatic carbocycles. The molecule has 2 saturated heterocycles. The molecule has 0 unspecified atom stereocenters. The first kappa shape index (κ1) is 35.7. The van der Waals surface area contributed by atoms with Crippen LogP contribution in [-0.4, -0.2) is 57.8 Å². The summed E-state index contributed by atoms with van der Waals surface area (Å²) in [4.78, 5) is 25.2. The number of nitrogens with zero attached hydrogens (tertiary/aromatic N) is 1. The van der Waals surface area contributed by atoms with Crippen molar-refractivity contribution in [3.63, 3.8) is 0 Å². The number of halogens is 1. The van der Waals surface area contributed by atoms with E-state index < -0.39 is 17.9 Å². The number of carbonyl (C=O) groups excluding carboxylic acids is 1. The summed E-state index contributed by atoms with van der Waals surface area (Å²) in [6.45, 7) is 2.43. The second-order valence-corrected chi connectivity index (χ2v) is 13.6. The Morgan fingerprint density at radius 1 is 0.840 bits per heavy atom. The second-order valence-electron chi connectivity index (χ2n) is 13.2. The van der Waals surface area contributed by atoms with Gasteiger partial charge in [0.25, 0.3) is 0 Å². The molecule has 2 aliphatic rings. The standard InChI is InChI=1S/C40H43ClN2O7/c41-34-13-11-33(12-14-34)40(48)17-19-43(20-18-40)25-35-23-36(29-9-7-27(26-44)8-10-29)50-39(49-35)32-6-2-5-31(22-32)30-4-1-3-28(21-30)24-42-37(45)15-16-38(46)47/h1-14,21-22,35-36,39,44,48H,15-20,23-26H2,(H,42,45)(H,46,47)/t35-,36+,39+/m1/s1. The Morgan fingerprint density at radius 3 is 2.24 bits per heavy atom. The Bertz CT molecular complexity index is 1760. The summed E-state index contributed by atoms with van der Waals surface area (Å²) in [7, 11) is 0. The molecule has 6 rings (SSSR count). The molecule has 0 radical (unpaired) electrons. The summed E-state index contributed by atoms with van der Waals surface area (Å²) >= 11 is 6.09. The third kappa shape index (κ3) is 9.17.